The van der Waals surface area contributed by atoms with E-state index in [2.05, 4.69) is 10.3 Å². The van der Waals surface area contributed by atoms with E-state index in [0.29, 0.717) is 17.9 Å². The summed E-state index contributed by atoms with van der Waals surface area (Å²) < 4.78 is 57.6. The fourth-order valence-electron chi connectivity index (χ4n) is 4.86. The number of sulfonamides is 1. The molecule has 39 heavy (non-hydrogen) atoms. The van der Waals surface area contributed by atoms with Gasteiger partial charge in [0.25, 0.3) is 10.0 Å². The predicted octanol–water partition coefficient (Wildman–Crippen LogP) is 6.27. The van der Waals surface area contributed by atoms with Gasteiger partial charge in [-0.15, -0.1) is 0 Å². The Morgan fingerprint density at radius 1 is 1.03 bits per heavy atom. The van der Waals surface area contributed by atoms with Crippen LogP contribution in [0.3, 0.4) is 0 Å². The highest BCUT2D eigenvalue weighted by Gasteiger charge is 2.23. The van der Waals surface area contributed by atoms with E-state index in [1.165, 1.54) is 18.2 Å². The third-order valence-electron chi connectivity index (χ3n) is 6.99. The van der Waals surface area contributed by atoms with Gasteiger partial charge >= 0.3 is 0 Å². The number of benzene rings is 3. The molecule has 0 atom stereocenters. The van der Waals surface area contributed by atoms with Gasteiger partial charge in [0.15, 0.2) is 11.6 Å². The molecule has 3 aromatic carbocycles. The number of nitrogens with two attached hydrogens (primary N) is 1. The molecular formula is C28H28ClF2N5O2S. The summed E-state index contributed by atoms with van der Waals surface area (Å²) in [5.41, 5.74) is 7.69. The molecule has 0 saturated heterocycles. The van der Waals surface area contributed by atoms with Crippen molar-refractivity contribution in [1.29, 1.82) is 0 Å². The van der Waals surface area contributed by atoms with Gasteiger partial charge in [-0.2, -0.15) is 0 Å². The van der Waals surface area contributed by atoms with Crippen LogP contribution in [0.5, 0.6) is 0 Å². The Balaban J connectivity index is 1.44. The Bertz CT molecular complexity index is 1620. The minimum Gasteiger partial charge on any atom is -0.351 e. The molecule has 11 heteroatoms. The molecule has 7 nitrogen and oxygen atoms in total. The molecule has 0 unspecified atom stereocenters. The Labute approximate surface area is 230 Å². The zero-order valence-electron chi connectivity index (χ0n) is 21.2. The van der Waals surface area contributed by atoms with Crippen LogP contribution in [0.1, 0.15) is 38.2 Å². The first kappa shape index (κ1) is 27.2. The Kier molecular flexibility index (Phi) is 7.70. The first-order valence-corrected chi connectivity index (χ1v) is 14.6. The van der Waals surface area contributed by atoms with Crippen LogP contribution in [0.2, 0.25) is 5.02 Å². The predicted molar refractivity (Wildman–Crippen MR) is 150 cm³/mol. The summed E-state index contributed by atoms with van der Waals surface area (Å²) in [7, 11) is -4.31. The maximum atomic E-state index is 15.1. The quantitative estimate of drug-likeness (QED) is 0.241. The maximum absolute atomic E-state index is 15.1. The summed E-state index contributed by atoms with van der Waals surface area (Å²) in [4.78, 5) is 8.92. The molecule has 1 aliphatic rings. The zero-order valence-corrected chi connectivity index (χ0v) is 22.8. The first-order chi connectivity index (χ1) is 18.6. The molecule has 1 saturated carbocycles. The van der Waals surface area contributed by atoms with Gasteiger partial charge in [-0.05, 0) is 85.2 Å². The van der Waals surface area contributed by atoms with E-state index < -0.39 is 27.3 Å². The molecule has 1 heterocycles. The molecule has 1 aliphatic carbocycles. The largest absolute Gasteiger partial charge is 0.351 e. The number of anilines is 2. The van der Waals surface area contributed by atoms with Crippen LogP contribution in [-0.4, -0.2) is 30.5 Å². The summed E-state index contributed by atoms with van der Waals surface area (Å²) in [6.45, 7) is 1.98. The van der Waals surface area contributed by atoms with Gasteiger partial charge in [-0.1, -0.05) is 30.7 Å². The van der Waals surface area contributed by atoms with E-state index in [-0.39, 0.29) is 27.6 Å². The molecule has 0 bridgehead atoms. The minimum absolute atomic E-state index is 0.0609. The van der Waals surface area contributed by atoms with Gasteiger partial charge in [-0.3, -0.25) is 4.72 Å². The van der Waals surface area contributed by atoms with Crippen molar-refractivity contribution < 1.29 is 17.2 Å². The molecule has 0 aliphatic heterocycles. The number of hydrogen-bond donors (Lipinski definition) is 3. The van der Waals surface area contributed by atoms with Crippen LogP contribution < -0.4 is 15.8 Å². The Hall–Kier alpha value is -3.34. The van der Waals surface area contributed by atoms with Crippen molar-refractivity contribution in [2.75, 3.05) is 10.0 Å². The number of rotatable bonds is 7. The van der Waals surface area contributed by atoms with Crippen molar-refractivity contribution in [2.45, 2.75) is 56.0 Å². The lowest BCUT2D eigenvalue weighted by Gasteiger charge is -2.26. The summed E-state index contributed by atoms with van der Waals surface area (Å²) in [5.74, 6) is -1.57. The number of nitrogens with zero attached hydrogens (tertiary/aromatic N) is 2. The SMILES string of the molecule is CCc1cc(-c2cc(F)c(NS(=O)(=O)c3ccccc3Cl)c(F)c2)cc2cnc(NC3CCC(N)CC3)nc12. The molecule has 0 radical (unpaired) electrons. The average molecular weight is 572 g/mol. The van der Waals surface area contributed by atoms with Gasteiger partial charge < -0.3 is 11.1 Å². The second-order valence-electron chi connectivity index (χ2n) is 9.73. The van der Waals surface area contributed by atoms with Gasteiger partial charge in [0, 0.05) is 23.7 Å². The topological polar surface area (TPSA) is 110 Å². The lowest BCUT2D eigenvalue weighted by atomic mass is 9.92. The number of nitrogens with one attached hydrogen (secondary N) is 2. The highest BCUT2D eigenvalue weighted by Crippen LogP contribution is 2.33. The van der Waals surface area contributed by atoms with Crippen molar-refractivity contribution in [2.24, 2.45) is 5.73 Å². The second kappa shape index (κ2) is 11.0. The minimum atomic E-state index is -4.31. The molecule has 4 aromatic rings. The third kappa shape index (κ3) is 5.83. The normalized spacial score (nSPS) is 17.8. The summed E-state index contributed by atoms with van der Waals surface area (Å²) in [5, 5.41) is 4.07. The second-order valence-corrected chi connectivity index (χ2v) is 11.8. The molecule has 1 aromatic heterocycles. The fourth-order valence-corrected chi connectivity index (χ4v) is 6.46. The number of hydrogen-bond acceptors (Lipinski definition) is 6. The van der Waals surface area contributed by atoms with E-state index in [9.17, 15) is 8.42 Å². The van der Waals surface area contributed by atoms with E-state index in [1.807, 2.05) is 17.7 Å². The number of aryl methyl sites for hydroxylation is 1. The maximum Gasteiger partial charge on any atom is 0.263 e. The number of aromatic nitrogens is 2. The molecule has 4 N–H and O–H groups in total. The smallest absolute Gasteiger partial charge is 0.263 e. The average Bonchev–Trinajstić information content (AvgIpc) is 2.91. The van der Waals surface area contributed by atoms with Crippen LogP contribution in [0.15, 0.2) is 59.6 Å². The Morgan fingerprint density at radius 2 is 1.69 bits per heavy atom. The summed E-state index contributed by atoms with van der Waals surface area (Å²) >= 11 is 5.97. The van der Waals surface area contributed by atoms with Gasteiger partial charge in [0.2, 0.25) is 5.95 Å². The Morgan fingerprint density at radius 3 is 2.36 bits per heavy atom. The van der Waals surface area contributed by atoms with Crippen LogP contribution in [0.25, 0.3) is 22.0 Å². The molecule has 204 valence electrons. The van der Waals surface area contributed by atoms with Gasteiger partial charge in [-0.25, -0.2) is 27.2 Å². The monoisotopic (exact) mass is 571 g/mol. The van der Waals surface area contributed by atoms with Crippen molar-refractivity contribution in [3.05, 3.63) is 76.9 Å². The van der Waals surface area contributed by atoms with Gasteiger partial charge in [0.1, 0.15) is 10.6 Å². The van der Waals surface area contributed by atoms with Crippen molar-refractivity contribution in [1.82, 2.24) is 9.97 Å². The molecular weight excluding hydrogens is 544 g/mol. The fraction of sp³-hybridized carbons (Fsp3) is 0.286. The summed E-state index contributed by atoms with van der Waals surface area (Å²) in [6.07, 6.45) is 6.18. The molecule has 0 spiro atoms. The van der Waals surface area contributed by atoms with Gasteiger partial charge in [0.05, 0.1) is 10.5 Å². The lowest BCUT2D eigenvalue weighted by Crippen LogP contribution is -2.33. The molecule has 0 amide bonds. The number of halogens is 3. The standard InChI is InChI=1S/C28H28ClF2N5O2S/c1-2-16-11-17(12-19-15-33-28(35-26(16)19)34-21-9-7-20(32)8-10-21)18-13-23(30)27(24(31)14-18)36-39(37,38)25-6-4-3-5-22(25)29/h3-6,11-15,20-21,36H,2,7-10,32H2,1H3,(H,33,34,35). The first-order valence-electron chi connectivity index (χ1n) is 12.7. The number of fused-ring (bicyclic) bond motifs is 1. The lowest BCUT2D eigenvalue weighted by molar-refractivity contribution is 0.410. The highest BCUT2D eigenvalue weighted by atomic mass is 35.5. The van der Waals surface area contributed by atoms with E-state index in [1.54, 1.807) is 18.3 Å². The molecule has 5 rings (SSSR count). The van der Waals surface area contributed by atoms with Crippen LogP contribution in [0, 0.1) is 11.6 Å². The van der Waals surface area contributed by atoms with Crippen LogP contribution in [0.4, 0.5) is 20.4 Å². The van der Waals surface area contributed by atoms with Crippen molar-refractivity contribution in [3.8, 4) is 11.1 Å². The van der Waals surface area contributed by atoms with E-state index in [0.717, 1.165) is 54.3 Å². The van der Waals surface area contributed by atoms with Crippen molar-refractivity contribution in [3.63, 3.8) is 0 Å². The third-order valence-corrected chi connectivity index (χ3v) is 8.84. The summed E-state index contributed by atoms with van der Waals surface area (Å²) in [6, 6.07) is 12.0. The van der Waals surface area contributed by atoms with Crippen LogP contribution in [-0.2, 0) is 16.4 Å². The highest BCUT2D eigenvalue weighted by molar-refractivity contribution is 7.92. The zero-order chi connectivity index (χ0) is 27.7. The van der Waals surface area contributed by atoms with Crippen molar-refractivity contribution >= 4 is 44.2 Å². The molecule has 1 fully saturated rings. The van der Waals surface area contributed by atoms with Crippen LogP contribution >= 0.6 is 11.6 Å². The van der Waals surface area contributed by atoms with E-state index >= 15 is 8.78 Å². The van der Waals surface area contributed by atoms with E-state index in [4.69, 9.17) is 22.3 Å².